The van der Waals surface area contributed by atoms with Crippen LogP contribution in [0.3, 0.4) is 0 Å². The summed E-state index contributed by atoms with van der Waals surface area (Å²) in [7, 11) is 0. The predicted molar refractivity (Wildman–Crippen MR) is 120 cm³/mol. The second-order valence-electron chi connectivity index (χ2n) is 9.16. The Hall–Kier alpha value is -2.12. The fourth-order valence-electron chi connectivity index (χ4n) is 6.23. The van der Waals surface area contributed by atoms with Gasteiger partial charge >= 0.3 is 0 Å². The van der Waals surface area contributed by atoms with E-state index in [4.69, 9.17) is 10.1 Å². The van der Waals surface area contributed by atoms with E-state index in [2.05, 4.69) is 46.6 Å². The maximum absolute atomic E-state index is 13.4. The average Bonchev–Trinajstić information content (AvgIpc) is 3.05. The van der Waals surface area contributed by atoms with Gasteiger partial charge < -0.3 is 4.18 Å². The number of fused-ring (bicyclic) bond motifs is 5. The van der Waals surface area contributed by atoms with Crippen LogP contribution in [0.5, 0.6) is 5.75 Å². The van der Waals surface area contributed by atoms with Crippen LogP contribution in [0.25, 0.3) is 6.08 Å². The molecule has 3 aliphatic carbocycles. The number of allylic oxidation sites excluding steroid dienone is 1. The monoisotopic (exact) mass is 437 g/mol. The van der Waals surface area contributed by atoms with Gasteiger partial charge in [-0.3, -0.25) is 4.79 Å². The summed E-state index contributed by atoms with van der Waals surface area (Å²) in [5, 5.41) is 0. The molecule has 6 heteroatoms. The highest BCUT2D eigenvalue weighted by Crippen LogP contribution is 2.61. The van der Waals surface area contributed by atoms with E-state index in [1.807, 2.05) is 24.3 Å². The standard InChI is InChI=1S/C25H27NO4S/c1-25-12-11-21-20-10-8-19(28-31-30-29-26)14-17(20)7-9-22(21)23(25)15-18(24(25)27)13-16-5-3-2-4-6-16/h2-6,8,10,13-14,21-23H,7,9,11-12,15,26H2,1H3/t21?,22?,23?,25-/m0/s1. The van der Waals surface area contributed by atoms with Crippen molar-refractivity contribution in [1.82, 2.24) is 0 Å². The van der Waals surface area contributed by atoms with Crippen molar-refractivity contribution in [3.8, 4) is 5.75 Å². The van der Waals surface area contributed by atoms with Crippen LogP contribution in [0.15, 0.2) is 54.1 Å². The van der Waals surface area contributed by atoms with Gasteiger partial charge in [0.1, 0.15) is 5.75 Å². The van der Waals surface area contributed by atoms with Crippen LogP contribution in [0, 0.1) is 17.3 Å². The Labute approximate surface area is 187 Å². The number of hydrogen-bond acceptors (Lipinski definition) is 6. The molecule has 0 radical (unpaired) electrons. The molecule has 31 heavy (non-hydrogen) atoms. The fraction of sp³-hybridized carbons (Fsp3) is 0.400. The van der Waals surface area contributed by atoms with E-state index in [0.717, 1.165) is 49.0 Å². The summed E-state index contributed by atoms with van der Waals surface area (Å²) in [6.07, 6.45) is 7.15. The molecule has 5 rings (SSSR count). The van der Waals surface area contributed by atoms with Gasteiger partial charge in [-0.1, -0.05) is 43.3 Å². The Balaban J connectivity index is 1.39. The largest absolute Gasteiger partial charge is 0.399 e. The SMILES string of the molecule is C[C@]12CCC3c4ccc(OSOON)cc4CCC3C1CC(=Cc1ccccc1)C2=O. The Morgan fingerprint density at radius 2 is 2.00 bits per heavy atom. The number of hydrogen-bond donors (Lipinski definition) is 1. The molecule has 3 unspecified atom stereocenters. The highest BCUT2D eigenvalue weighted by Gasteiger charge is 2.56. The molecule has 0 heterocycles. The van der Waals surface area contributed by atoms with Crippen molar-refractivity contribution in [1.29, 1.82) is 0 Å². The number of nitrogens with two attached hydrogens (primary N) is 1. The minimum atomic E-state index is -0.224. The summed E-state index contributed by atoms with van der Waals surface area (Å²) in [6, 6.07) is 16.5. The van der Waals surface area contributed by atoms with Gasteiger partial charge in [0, 0.05) is 5.41 Å². The highest BCUT2D eigenvalue weighted by atomic mass is 32.2. The molecule has 2 fully saturated rings. The Bertz CT molecular complexity index is 1010. The maximum atomic E-state index is 13.4. The minimum Gasteiger partial charge on any atom is -0.399 e. The number of carbonyl (C=O) groups is 1. The lowest BCUT2D eigenvalue weighted by Crippen LogP contribution is -2.42. The Kier molecular flexibility index (Phi) is 5.65. The minimum absolute atomic E-state index is 0.224. The second kappa shape index (κ2) is 8.43. The zero-order valence-corrected chi connectivity index (χ0v) is 18.4. The lowest BCUT2D eigenvalue weighted by molar-refractivity contribution is -0.199. The van der Waals surface area contributed by atoms with Gasteiger partial charge in [-0.15, -0.1) is 9.32 Å². The van der Waals surface area contributed by atoms with E-state index in [1.54, 1.807) is 0 Å². The number of ketones is 1. The van der Waals surface area contributed by atoms with Gasteiger partial charge in [0.05, 0.1) is 0 Å². The van der Waals surface area contributed by atoms with E-state index in [1.165, 1.54) is 11.1 Å². The summed E-state index contributed by atoms with van der Waals surface area (Å²) < 4.78 is 9.98. The van der Waals surface area contributed by atoms with Gasteiger partial charge in [0.2, 0.25) is 0 Å². The third-order valence-electron chi connectivity index (χ3n) is 7.68. The van der Waals surface area contributed by atoms with Gasteiger partial charge in [-0.05, 0) is 90.3 Å². The number of benzene rings is 2. The number of rotatable bonds is 5. The van der Waals surface area contributed by atoms with Gasteiger partial charge in [0.25, 0.3) is 12.3 Å². The van der Waals surface area contributed by atoms with Gasteiger partial charge in [-0.2, -0.15) is 5.90 Å². The van der Waals surface area contributed by atoms with Gasteiger partial charge in [-0.25, -0.2) is 0 Å². The zero-order valence-electron chi connectivity index (χ0n) is 17.6. The van der Waals surface area contributed by atoms with Crippen molar-refractivity contribution in [2.24, 2.45) is 23.1 Å². The second-order valence-corrected chi connectivity index (χ2v) is 9.60. The molecule has 2 N–H and O–H groups in total. The van der Waals surface area contributed by atoms with Crippen LogP contribution < -0.4 is 10.1 Å². The first-order valence-corrected chi connectivity index (χ1v) is 11.6. The fourth-order valence-corrected chi connectivity index (χ4v) is 6.47. The first-order chi connectivity index (χ1) is 15.1. The lowest BCUT2D eigenvalue weighted by atomic mass is 9.55. The summed E-state index contributed by atoms with van der Waals surface area (Å²) in [5.74, 6) is 7.41. The molecule has 5 nitrogen and oxygen atoms in total. The smallest absolute Gasteiger partial charge is 0.260 e. The van der Waals surface area contributed by atoms with E-state index in [0.29, 0.717) is 35.9 Å². The van der Waals surface area contributed by atoms with Crippen LogP contribution in [0.2, 0.25) is 0 Å². The molecule has 2 aromatic rings. The highest BCUT2D eigenvalue weighted by molar-refractivity contribution is 7.90. The molecule has 0 amide bonds. The summed E-state index contributed by atoms with van der Waals surface area (Å²) in [6.45, 7) is 2.21. The van der Waals surface area contributed by atoms with E-state index in [9.17, 15) is 4.79 Å². The molecular weight excluding hydrogens is 410 g/mol. The molecule has 0 spiro atoms. The lowest BCUT2D eigenvalue weighted by Gasteiger charge is -2.48. The number of Topliss-reactive ketones (excluding diaryl/α,β-unsaturated/α-hetero) is 1. The van der Waals surface area contributed by atoms with Crippen molar-refractivity contribution in [2.75, 3.05) is 0 Å². The van der Waals surface area contributed by atoms with Crippen LogP contribution in [-0.2, 0) is 20.5 Å². The van der Waals surface area contributed by atoms with Crippen LogP contribution in [-0.4, -0.2) is 5.78 Å². The van der Waals surface area contributed by atoms with Crippen molar-refractivity contribution >= 4 is 24.2 Å². The molecule has 0 aromatic heterocycles. The van der Waals surface area contributed by atoms with Crippen LogP contribution >= 0.6 is 12.3 Å². The van der Waals surface area contributed by atoms with Gasteiger partial charge in [0.15, 0.2) is 5.78 Å². The van der Waals surface area contributed by atoms with Crippen molar-refractivity contribution < 1.29 is 18.3 Å². The van der Waals surface area contributed by atoms with Crippen molar-refractivity contribution in [3.05, 3.63) is 70.8 Å². The quantitative estimate of drug-likeness (QED) is 0.217. The predicted octanol–water partition coefficient (Wildman–Crippen LogP) is 5.57. The van der Waals surface area contributed by atoms with Crippen LogP contribution in [0.1, 0.15) is 55.2 Å². The zero-order chi connectivity index (χ0) is 21.4. The third kappa shape index (κ3) is 3.72. The normalized spacial score (nSPS) is 30.6. The van der Waals surface area contributed by atoms with Crippen molar-refractivity contribution in [3.63, 3.8) is 0 Å². The number of carbonyl (C=O) groups excluding carboxylic acids is 1. The van der Waals surface area contributed by atoms with Crippen molar-refractivity contribution in [2.45, 2.75) is 44.9 Å². The average molecular weight is 438 g/mol. The molecule has 4 atom stereocenters. The Morgan fingerprint density at radius 3 is 2.81 bits per heavy atom. The maximum Gasteiger partial charge on any atom is 0.260 e. The first kappa shape index (κ1) is 20.8. The molecular formula is C25H27NO4S. The summed E-state index contributed by atoms with van der Waals surface area (Å²) in [4.78, 5) is 17.5. The third-order valence-corrected chi connectivity index (χ3v) is 8.07. The molecule has 0 bridgehead atoms. The topological polar surface area (TPSA) is 70.8 Å². The van der Waals surface area contributed by atoms with E-state index >= 15 is 0 Å². The first-order valence-electron chi connectivity index (χ1n) is 10.9. The molecule has 162 valence electrons. The molecule has 0 saturated heterocycles. The molecule has 2 saturated carbocycles. The summed E-state index contributed by atoms with van der Waals surface area (Å²) in [5.41, 5.74) is 4.65. The Morgan fingerprint density at radius 1 is 1.16 bits per heavy atom. The van der Waals surface area contributed by atoms with E-state index < -0.39 is 0 Å². The molecule has 3 aliphatic rings. The van der Waals surface area contributed by atoms with E-state index in [-0.39, 0.29) is 5.41 Å². The van der Waals surface area contributed by atoms with Crippen LogP contribution in [0.4, 0.5) is 0 Å². The number of aryl methyl sites for hydroxylation is 1. The molecule has 0 aliphatic heterocycles. The summed E-state index contributed by atoms with van der Waals surface area (Å²) >= 11 is 0.702. The molecule has 2 aromatic carbocycles.